The van der Waals surface area contributed by atoms with Crippen molar-refractivity contribution in [2.75, 3.05) is 0 Å². The Kier molecular flexibility index (Phi) is 8.03. The number of ether oxygens (including phenoxy) is 6. The number of hydrogen-bond donors (Lipinski definition) is 1. The molecule has 12 atom stereocenters. The molecule has 0 amide bonds. The van der Waals surface area contributed by atoms with Crippen molar-refractivity contribution < 1.29 is 57.5 Å². The normalized spacial score (nSPS) is 45.1. The summed E-state index contributed by atoms with van der Waals surface area (Å²) >= 11 is 6.80. The van der Waals surface area contributed by atoms with Gasteiger partial charge in [-0.2, -0.15) is 0 Å². The third kappa shape index (κ3) is 4.81. The highest BCUT2D eigenvalue weighted by Crippen LogP contribution is 2.63. The molecule has 0 radical (unpaired) electrons. The van der Waals surface area contributed by atoms with Crippen LogP contribution in [0, 0.1) is 23.2 Å². The van der Waals surface area contributed by atoms with Crippen LogP contribution in [0.25, 0.3) is 0 Å². The molecule has 4 aliphatic rings. The van der Waals surface area contributed by atoms with Gasteiger partial charge >= 0.3 is 29.8 Å². The average Bonchev–Trinajstić information content (AvgIpc) is 3.09. The van der Waals surface area contributed by atoms with Crippen LogP contribution in [0.5, 0.6) is 0 Å². The Hall–Kier alpha value is -2.70. The van der Waals surface area contributed by atoms with E-state index in [1.807, 2.05) is 0 Å². The van der Waals surface area contributed by atoms with E-state index >= 15 is 0 Å². The van der Waals surface area contributed by atoms with Gasteiger partial charge in [-0.15, -0.1) is 11.6 Å². The summed E-state index contributed by atoms with van der Waals surface area (Å²) in [5.41, 5.74) is -3.30. The lowest BCUT2D eigenvalue weighted by molar-refractivity contribution is -0.355. The number of carbonyl (C=O) groups is 5. The Morgan fingerprint density at radius 1 is 0.951 bits per heavy atom. The van der Waals surface area contributed by atoms with Gasteiger partial charge < -0.3 is 33.5 Å². The molecule has 4 fully saturated rings. The van der Waals surface area contributed by atoms with E-state index in [9.17, 15) is 29.1 Å². The number of hydrogen-bond acceptors (Lipinski definition) is 12. The maximum atomic E-state index is 13.2. The van der Waals surface area contributed by atoms with Crippen molar-refractivity contribution in [3.8, 4) is 0 Å². The zero-order valence-electron chi connectivity index (χ0n) is 24.1. The number of esters is 5. The summed E-state index contributed by atoms with van der Waals surface area (Å²) in [4.78, 5) is 63.0. The third-order valence-electron chi connectivity index (χ3n) is 9.33. The highest BCUT2D eigenvalue weighted by molar-refractivity contribution is 6.23. The first-order valence-electron chi connectivity index (χ1n) is 13.5. The molecule has 12 nitrogen and oxygen atoms in total. The number of carbonyl (C=O) groups excluding carboxylic acids is 5. The first-order chi connectivity index (χ1) is 18.9. The molecule has 1 saturated carbocycles. The highest BCUT2D eigenvalue weighted by Gasteiger charge is 2.77. The molecule has 1 N–H and O–H groups in total. The van der Waals surface area contributed by atoms with Crippen LogP contribution in [0.15, 0.2) is 12.2 Å². The van der Waals surface area contributed by atoms with Gasteiger partial charge in [0, 0.05) is 63.4 Å². The summed E-state index contributed by atoms with van der Waals surface area (Å²) in [5.74, 6) is -8.42. The van der Waals surface area contributed by atoms with Crippen molar-refractivity contribution in [1.29, 1.82) is 0 Å². The molecule has 4 rings (SSSR count). The van der Waals surface area contributed by atoms with Gasteiger partial charge in [0.15, 0.2) is 17.5 Å². The zero-order valence-corrected chi connectivity index (χ0v) is 24.9. The minimum atomic E-state index is -2.28. The van der Waals surface area contributed by atoms with Gasteiger partial charge in [-0.25, -0.2) is 0 Å². The molecule has 1 unspecified atom stereocenters. The van der Waals surface area contributed by atoms with Crippen molar-refractivity contribution in [1.82, 2.24) is 0 Å². The Bertz CT molecular complexity index is 1170. The Morgan fingerprint density at radius 2 is 1.49 bits per heavy atom. The topological polar surface area (TPSA) is 161 Å². The molecular weight excluding hydrogens is 564 g/mol. The number of fused-ring (bicyclic) bond motifs is 2. The predicted octanol–water partition coefficient (Wildman–Crippen LogP) is 1.96. The lowest BCUT2D eigenvalue weighted by atomic mass is 9.51. The van der Waals surface area contributed by atoms with E-state index in [0.717, 1.165) is 0 Å². The van der Waals surface area contributed by atoms with Crippen molar-refractivity contribution in [3.63, 3.8) is 0 Å². The maximum absolute atomic E-state index is 13.2. The number of halogens is 1. The van der Waals surface area contributed by atoms with E-state index in [-0.39, 0.29) is 12.0 Å². The van der Waals surface area contributed by atoms with Gasteiger partial charge in [0.05, 0.1) is 11.3 Å². The monoisotopic (exact) mass is 600 g/mol. The van der Waals surface area contributed by atoms with Crippen molar-refractivity contribution in [2.24, 2.45) is 23.2 Å². The molecular formula is C28H37ClO12. The largest absolute Gasteiger partial charge is 0.462 e. The molecule has 1 aliphatic carbocycles. The lowest BCUT2D eigenvalue weighted by Crippen LogP contribution is -2.76. The average molecular weight is 601 g/mol. The second-order valence-electron chi connectivity index (χ2n) is 11.8. The van der Waals surface area contributed by atoms with Crippen LogP contribution >= 0.6 is 11.6 Å². The third-order valence-corrected chi connectivity index (χ3v) is 9.82. The van der Waals surface area contributed by atoms with Crippen LogP contribution in [-0.2, 0) is 52.4 Å². The van der Waals surface area contributed by atoms with Gasteiger partial charge in [0.25, 0.3) is 0 Å². The molecule has 3 aliphatic heterocycles. The number of rotatable bonds is 4. The van der Waals surface area contributed by atoms with Gasteiger partial charge in [-0.3, -0.25) is 24.0 Å². The standard InChI is InChI=1S/C28H37ClO12/c1-11-18(36-14(4)30)9-19(37-15(5)31)26(8)20(38-16(6)32)10-27(35)12(2)22(29)24-28(41-27,13(3)25(34)40-24)23(21(11)26)39-17(7)33/h11,13,18-24,35H,2,9-10H2,1,3-8H3/t11-,13?,18+,19-,20-,21+,22-,23-,24-,26+,27-,28+/m0/s1. The molecule has 0 aromatic carbocycles. The Balaban J connectivity index is 2.08. The van der Waals surface area contributed by atoms with Gasteiger partial charge in [0.1, 0.15) is 24.4 Å². The summed E-state index contributed by atoms with van der Waals surface area (Å²) in [6.45, 7) is 13.7. The van der Waals surface area contributed by atoms with E-state index in [2.05, 4.69) is 6.58 Å². The first kappa shape index (κ1) is 31.2. The number of aliphatic hydroxyl groups is 1. The SMILES string of the molecule is C=C1[C@H](Cl)[C@@H]2OC(=O)C(C)[C@]23O[C@@]1(O)C[C@H](OC(C)=O)[C@]1(C)[C@H]([C@@H](C)[C@H](OC(C)=O)C[C@@H]1OC(C)=O)[C@@H]3OC(C)=O. The zero-order chi connectivity index (χ0) is 30.8. The molecule has 2 bridgehead atoms. The summed E-state index contributed by atoms with van der Waals surface area (Å²) in [5, 5.41) is 10.9. The van der Waals surface area contributed by atoms with Crippen molar-refractivity contribution >= 4 is 41.4 Å². The van der Waals surface area contributed by atoms with E-state index < -0.39 is 107 Å². The fourth-order valence-electron chi connectivity index (χ4n) is 7.50. The Labute approximate surface area is 242 Å². The second-order valence-corrected chi connectivity index (χ2v) is 12.3. The van der Waals surface area contributed by atoms with Crippen LogP contribution < -0.4 is 0 Å². The smallest absolute Gasteiger partial charge is 0.312 e. The van der Waals surface area contributed by atoms with Crippen LogP contribution in [0.3, 0.4) is 0 Å². The minimum absolute atomic E-state index is 0.0116. The van der Waals surface area contributed by atoms with E-state index in [4.69, 9.17) is 40.0 Å². The molecule has 1 spiro atoms. The van der Waals surface area contributed by atoms with Crippen molar-refractivity contribution in [2.45, 2.75) is 109 Å². The summed E-state index contributed by atoms with van der Waals surface area (Å²) in [6.07, 6.45) is -6.18. The van der Waals surface area contributed by atoms with Gasteiger partial charge in [-0.05, 0) is 6.92 Å². The molecule has 41 heavy (non-hydrogen) atoms. The molecule has 3 saturated heterocycles. The molecule has 13 heteroatoms. The fourth-order valence-corrected chi connectivity index (χ4v) is 7.92. The fraction of sp³-hybridized carbons (Fsp3) is 0.750. The minimum Gasteiger partial charge on any atom is -0.462 e. The van der Waals surface area contributed by atoms with Crippen LogP contribution in [0.2, 0.25) is 0 Å². The lowest BCUT2D eigenvalue weighted by Gasteiger charge is -2.63. The van der Waals surface area contributed by atoms with Crippen LogP contribution in [-0.4, -0.2) is 82.2 Å². The van der Waals surface area contributed by atoms with Crippen molar-refractivity contribution in [3.05, 3.63) is 12.2 Å². The van der Waals surface area contributed by atoms with E-state index in [1.165, 1.54) is 34.6 Å². The summed E-state index contributed by atoms with van der Waals surface area (Å²) in [6, 6.07) is 0. The highest BCUT2D eigenvalue weighted by atomic mass is 35.5. The first-order valence-corrected chi connectivity index (χ1v) is 14.0. The second kappa shape index (κ2) is 10.5. The molecule has 228 valence electrons. The van der Waals surface area contributed by atoms with Crippen LogP contribution in [0.1, 0.15) is 61.3 Å². The quantitative estimate of drug-likeness (QED) is 0.216. The number of alkyl halides is 1. The molecule has 3 heterocycles. The van der Waals surface area contributed by atoms with Crippen LogP contribution in [0.4, 0.5) is 0 Å². The summed E-state index contributed by atoms with van der Waals surface area (Å²) < 4.78 is 35.4. The summed E-state index contributed by atoms with van der Waals surface area (Å²) in [7, 11) is 0. The van der Waals surface area contributed by atoms with E-state index in [1.54, 1.807) is 13.8 Å². The van der Waals surface area contributed by atoms with Gasteiger partial charge in [0.2, 0.25) is 0 Å². The Morgan fingerprint density at radius 3 is 2.02 bits per heavy atom. The maximum Gasteiger partial charge on any atom is 0.312 e. The van der Waals surface area contributed by atoms with E-state index in [0.29, 0.717) is 0 Å². The predicted molar refractivity (Wildman–Crippen MR) is 139 cm³/mol. The molecule has 0 aromatic rings. The van der Waals surface area contributed by atoms with Gasteiger partial charge in [-0.1, -0.05) is 20.4 Å². The molecule has 0 aromatic heterocycles.